The second-order valence-electron chi connectivity index (χ2n) is 4.73. The van der Waals surface area contributed by atoms with E-state index < -0.39 is 0 Å². The van der Waals surface area contributed by atoms with E-state index in [-0.39, 0.29) is 11.6 Å². The molecule has 2 aromatic heterocycles. The van der Waals surface area contributed by atoms with Gasteiger partial charge < -0.3 is 9.73 Å². The Hall–Kier alpha value is -1.99. The Balaban J connectivity index is 1.51. The van der Waals surface area contributed by atoms with Crippen molar-refractivity contribution in [3.63, 3.8) is 0 Å². The van der Waals surface area contributed by atoms with Crippen LogP contribution in [-0.4, -0.2) is 33.0 Å². The van der Waals surface area contributed by atoms with Crippen molar-refractivity contribution in [3.8, 4) is 0 Å². The summed E-state index contributed by atoms with van der Waals surface area (Å²) in [6.45, 7) is 3.07. The van der Waals surface area contributed by atoms with Gasteiger partial charge in [-0.3, -0.25) is 9.48 Å². The summed E-state index contributed by atoms with van der Waals surface area (Å²) in [6.07, 6.45) is 1.64. The lowest BCUT2D eigenvalue weighted by atomic mass is 10.3. The Morgan fingerprint density at radius 1 is 1.43 bits per heavy atom. The number of nitrogens with one attached hydrogen (secondary N) is 1. The van der Waals surface area contributed by atoms with Gasteiger partial charge in [0.15, 0.2) is 11.3 Å². The maximum absolute atomic E-state index is 12.0. The van der Waals surface area contributed by atoms with Crippen molar-refractivity contribution in [2.45, 2.75) is 18.7 Å². The van der Waals surface area contributed by atoms with E-state index in [0.29, 0.717) is 29.1 Å². The lowest BCUT2D eigenvalue weighted by Crippen LogP contribution is -2.26. The van der Waals surface area contributed by atoms with Crippen LogP contribution in [0.25, 0.3) is 11.1 Å². The van der Waals surface area contributed by atoms with Crippen LogP contribution in [0.5, 0.6) is 0 Å². The molecule has 1 amide bonds. The number of benzene rings is 1. The molecule has 8 heteroatoms. The molecule has 0 saturated carbocycles. The largest absolute Gasteiger partial charge is 0.431 e. The molecule has 0 unspecified atom stereocenters. The molecule has 0 aliphatic heterocycles. The number of fused-ring (bicyclic) bond motifs is 1. The van der Waals surface area contributed by atoms with Crippen LogP contribution in [-0.2, 0) is 6.54 Å². The Morgan fingerprint density at radius 3 is 3.00 bits per heavy atom. The summed E-state index contributed by atoms with van der Waals surface area (Å²) < 4.78 is 7.23. The molecule has 3 aromatic rings. The average Bonchev–Trinajstić information content (AvgIpc) is 3.14. The monoisotopic (exact) mass is 350 g/mol. The molecule has 2 heterocycles. The minimum absolute atomic E-state index is 0.250. The highest BCUT2D eigenvalue weighted by Crippen LogP contribution is 2.22. The molecular weight excluding hydrogens is 336 g/mol. The summed E-state index contributed by atoms with van der Waals surface area (Å²) in [6, 6.07) is 7.59. The van der Waals surface area contributed by atoms with Crippen LogP contribution in [0.1, 0.15) is 17.4 Å². The van der Waals surface area contributed by atoms with E-state index >= 15 is 0 Å². The SMILES string of the molecule is CCn1cc(Cl)c(C(=O)NCCSc2nc3ccccc3o2)n1. The molecule has 0 bridgehead atoms. The highest BCUT2D eigenvalue weighted by Gasteiger charge is 2.14. The topological polar surface area (TPSA) is 73.0 Å². The number of aryl methyl sites for hydroxylation is 1. The van der Waals surface area contributed by atoms with Gasteiger partial charge in [0.1, 0.15) is 5.52 Å². The third kappa shape index (κ3) is 3.68. The van der Waals surface area contributed by atoms with Crippen LogP contribution in [0.2, 0.25) is 5.02 Å². The van der Waals surface area contributed by atoms with Crippen molar-refractivity contribution in [1.29, 1.82) is 0 Å². The predicted octanol–water partition coefficient (Wildman–Crippen LogP) is 3.22. The highest BCUT2D eigenvalue weighted by atomic mass is 35.5. The van der Waals surface area contributed by atoms with Gasteiger partial charge in [-0.25, -0.2) is 4.98 Å². The second kappa shape index (κ2) is 7.06. The van der Waals surface area contributed by atoms with E-state index in [1.165, 1.54) is 11.8 Å². The van der Waals surface area contributed by atoms with Gasteiger partial charge in [-0.05, 0) is 19.1 Å². The molecule has 0 fully saturated rings. The first-order chi connectivity index (χ1) is 11.2. The van der Waals surface area contributed by atoms with Crippen LogP contribution in [0.4, 0.5) is 0 Å². The minimum atomic E-state index is -0.277. The van der Waals surface area contributed by atoms with Crippen molar-refractivity contribution in [2.75, 3.05) is 12.3 Å². The lowest BCUT2D eigenvalue weighted by molar-refractivity contribution is 0.0950. The maximum Gasteiger partial charge on any atom is 0.273 e. The molecule has 0 saturated heterocycles. The molecule has 0 spiro atoms. The molecule has 0 radical (unpaired) electrons. The highest BCUT2D eigenvalue weighted by molar-refractivity contribution is 7.99. The fourth-order valence-electron chi connectivity index (χ4n) is 2.01. The number of amides is 1. The Bertz CT molecular complexity index is 797. The molecule has 1 N–H and O–H groups in total. The molecular formula is C15H15ClN4O2S. The molecule has 0 aliphatic rings. The smallest absolute Gasteiger partial charge is 0.273 e. The first-order valence-corrected chi connectivity index (χ1v) is 8.53. The number of halogens is 1. The van der Waals surface area contributed by atoms with Crippen molar-refractivity contribution in [1.82, 2.24) is 20.1 Å². The van der Waals surface area contributed by atoms with Crippen LogP contribution in [0.3, 0.4) is 0 Å². The van der Waals surface area contributed by atoms with E-state index in [4.69, 9.17) is 16.0 Å². The number of hydrogen-bond donors (Lipinski definition) is 1. The summed E-state index contributed by atoms with van der Waals surface area (Å²) >= 11 is 7.44. The molecule has 0 aliphatic carbocycles. The number of rotatable bonds is 6. The molecule has 3 rings (SSSR count). The Labute approximate surface area is 142 Å². The number of nitrogens with zero attached hydrogens (tertiary/aromatic N) is 3. The average molecular weight is 351 g/mol. The molecule has 23 heavy (non-hydrogen) atoms. The van der Waals surface area contributed by atoms with Gasteiger partial charge in [0.2, 0.25) is 0 Å². The van der Waals surface area contributed by atoms with E-state index in [1.807, 2.05) is 31.2 Å². The van der Waals surface area contributed by atoms with Gasteiger partial charge in [0, 0.05) is 25.0 Å². The van der Waals surface area contributed by atoms with Gasteiger partial charge in [-0.1, -0.05) is 35.5 Å². The number of hydrogen-bond acceptors (Lipinski definition) is 5. The molecule has 0 atom stereocenters. The van der Waals surface area contributed by atoms with Crippen LogP contribution in [0, 0.1) is 0 Å². The number of para-hydroxylation sites is 2. The third-order valence-electron chi connectivity index (χ3n) is 3.14. The normalized spacial score (nSPS) is 11.0. The zero-order valence-corrected chi connectivity index (χ0v) is 14.0. The fourth-order valence-corrected chi connectivity index (χ4v) is 2.94. The fraction of sp³-hybridized carbons (Fsp3) is 0.267. The van der Waals surface area contributed by atoms with E-state index in [9.17, 15) is 4.79 Å². The van der Waals surface area contributed by atoms with Gasteiger partial charge in [-0.15, -0.1) is 0 Å². The second-order valence-corrected chi connectivity index (χ2v) is 6.19. The summed E-state index contributed by atoms with van der Waals surface area (Å²) in [7, 11) is 0. The number of aromatic nitrogens is 3. The summed E-state index contributed by atoms with van der Waals surface area (Å²) in [5.41, 5.74) is 1.84. The van der Waals surface area contributed by atoms with Crippen LogP contribution < -0.4 is 5.32 Å². The van der Waals surface area contributed by atoms with Crippen molar-refractivity contribution in [3.05, 3.63) is 41.2 Å². The first-order valence-electron chi connectivity index (χ1n) is 7.17. The van der Waals surface area contributed by atoms with E-state index in [0.717, 1.165) is 11.1 Å². The minimum Gasteiger partial charge on any atom is -0.431 e. The number of carbonyl (C=O) groups excluding carboxylic acids is 1. The molecule has 120 valence electrons. The van der Waals surface area contributed by atoms with E-state index in [1.54, 1.807) is 10.9 Å². The zero-order valence-electron chi connectivity index (χ0n) is 12.5. The lowest BCUT2D eigenvalue weighted by Gasteiger charge is -2.01. The molecule has 1 aromatic carbocycles. The number of thioether (sulfide) groups is 1. The van der Waals surface area contributed by atoms with Crippen molar-refractivity contribution >= 4 is 40.4 Å². The van der Waals surface area contributed by atoms with Gasteiger partial charge >= 0.3 is 0 Å². The van der Waals surface area contributed by atoms with Gasteiger partial charge in [-0.2, -0.15) is 5.10 Å². The van der Waals surface area contributed by atoms with Crippen molar-refractivity contribution in [2.24, 2.45) is 0 Å². The summed E-state index contributed by atoms with van der Waals surface area (Å²) in [5.74, 6) is 0.366. The van der Waals surface area contributed by atoms with E-state index in [2.05, 4.69) is 15.4 Å². The zero-order chi connectivity index (χ0) is 16.2. The number of carbonyl (C=O) groups is 1. The first kappa shape index (κ1) is 15.9. The summed E-state index contributed by atoms with van der Waals surface area (Å²) in [4.78, 5) is 16.4. The van der Waals surface area contributed by atoms with Crippen LogP contribution >= 0.6 is 23.4 Å². The van der Waals surface area contributed by atoms with Crippen LogP contribution in [0.15, 0.2) is 40.1 Å². The standard InChI is InChI=1S/C15H15ClN4O2S/c1-2-20-9-10(16)13(19-20)14(21)17-7-8-23-15-18-11-5-3-4-6-12(11)22-15/h3-6,9H,2,7-8H2,1H3,(H,17,21). The van der Waals surface area contributed by atoms with Gasteiger partial charge in [0.05, 0.1) is 5.02 Å². The maximum atomic E-state index is 12.0. The number of oxazole rings is 1. The van der Waals surface area contributed by atoms with Crippen molar-refractivity contribution < 1.29 is 9.21 Å². The quantitative estimate of drug-likeness (QED) is 0.546. The predicted molar refractivity (Wildman–Crippen MR) is 90.0 cm³/mol. The third-order valence-corrected chi connectivity index (χ3v) is 4.25. The summed E-state index contributed by atoms with van der Waals surface area (Å²) in [5, 5.41) is 7.87. The Morgan fingerprint density at radius 2 is 2.26 bits per heavy atom. The Kier molecular flexibility index (Phi) is 4.88. The molecule has 6 nitrogen and oxygen atoms in total. The van der Waals surface area contributed by atoms with Gasteiger partial charge in [0.25, 0.3) is 11.1 Å².